The van der Waals surface area contributed by atoms with Crippen molar-refractivity contribution in [3.63, 3.8) is 0 Å². The minimum atomic E-state index is -0.538. The number of nitrogens with one attached hydrogen (secondary N) is 3. The fourth-order valence-electron chi connectivity index (χ4n) is 3.00. The third-order valence-electron chi connectivity index (χ3n) is 4.60. The Labute approximate surface area is 201 Å². The summed E-state index contributed by atoms with van der Waals surface area (Å²) >= 11 is 4.55. The SMILES string of the molecule is CNC(=O)c1cc(COc2ccc3cc(NC(=O)Nc4ccc(Br)cc4F)sc3c2)ccn1. The lowest BCUT2D eigenvalue weighted by atomic mass is 10.2. The van der Waals surface area contributed by atoms with Crippen molar-refractivity contribution in [3.05, 3.63) is 82.3 Å². The molecule has 4 aromatic rings. The van der Waals surface area contributed by atoms with E-state index in [2.05, 4.69) is 36.9 Å². The minimum absolute atomic E-state index is 0.0863. The topological polar surface area (TPSA) is 92.4 Å². The molecule has 3 N–H and O–H groups in total. The van der Waals surface area contributed by atoms with E-state index in [0.717, 1.165) is 15.6 Å². The molecule has 0 aliphatic heterocycles. The van der Waals surface area contributed by atoms with Crippen LogP contribution in [0.2, 0.25) is 0 Å². The van der Waals surface area contributed by atoms with Crippen molar-refractivity contribution in [2.75, 3.05) is 17.7 Å². The molecule has 0 saturated heterocycles. The van der Waals surface area contributed by atoms with E-state index >= 15 is 0 Å². The monoisotopic (exact) mass is 528 g/mol. The molecule has 4 rings (SSSR count). The normalized spacial score (nSPS) is 10.6. The van der Waals surface area contributed by atoms with E-state index < -0.39 is 11.8 Å². The molecule has 2 aromatic heterocycles. The highest BCUT2D eigenvalue weighted by atomic mass is 79.9. The number of hydrogen-bond acceptors (Lipinski definition) is 5. The van der Waals surface area contributed by atoms with Crippen LogP contribution in [0.3, 0.4) is 0 Å². The first-order chi connectivity index (χ1) is 15.9. The third-order valence-corrected chi connectivity index (χ3v) is 6.10. The Morgan fingerprint density at radius 1 is 1.09 bits per heavy atom. The van der Waals surface area contributed by atoms with Crippen molar-refractivity contribution in [2.24, 2.45) is 0 Å². The first kappa shape index (κ1) is 22.7. The zero-order chi connectivity index (χ0) is 23.4. The molecular weight excluding hydrogens is 511 g/mol. The predicted molar refractivity (Wildman–Crippen MR) is 131 cm³/mol. The van der Waals surface area contributed by atoms with Gasteiger partial charge in [0.2, 0.25) is 0 Å². The van der Waals surface area contributed by atoms with E-state index in [1.165, 1.54) is 23.5 Å². The second-order valence-electron chi connectivity index (χ2n) is 6.93. The van der Waals surface area contributed by atoms with Gasteiger partial charge in [-0.2, -0.15) is 0 Å². The fraction of sp³-hybridized carbons (Fsp3) is 0.0870. The second kappa shape index (κ2) is 9.97. The number of carbonyl (C=O) groups is 2. The number of rotatable bonds is 6. The molecule has 0 unspecified atom stereocenters. The predicted octanol–water partition coefficient (Wildman–Crippen LogP) is 5.78. The average Bonchev–Trinajstić information content (AvgIpc) is 3.20. The van der Waals surface area contributed by atoms with Gasteiger partial charge in [-0.15, -0.1) is 11.3 Å². The van der Waals surface area contributed by atoms with Crippen LogP contribution in [0.25, 0.3) is 10.1 Å². The highest BCUT2D eigenvalue weighted by Gasteiger charge is 2.11. The first-order valence-electron chi connectivity index (χ1n) is 9.78. The number of benzene rings is 2. The molecule has 0 atom stereocenters. The van der Waals surface area contributed by atoms with Gasteiger partial charge in [0.1, 0.15) is 23.9 Å². The molecule has 0 saturated carbocycles. The van der Waals surface area contributed by atoms with Crippen molar-refractivity contribution in [3.8, 4) is 5.75 Å². The molecule has 0 fully saturated rings. The maximum atomic E-state index is 13.9. The summed E-state index contributed by atoms with van der Waals surface area (Å²) in [6, 6.07) is 14.8. The van der Waals surface area contributed by atoms with E-state index in [0.29, 0.717) is 20.9 Å². The molecule has 0 aliphatic carbocycles. The fourth-order valence-corrected chi connectivity index (χ4v) is 4.32. The number of fused-ring (bicyclic) bond motifs is 1. The Hall–Kier alpha value is -3.50. The molecular formula is C23H18BrFN4O3S. The maximum absolute atomic E-state index is 13.9. The number of anilines is 2. The van der Waals surface area contributed by atoms with Gasteiger partial charge >= 0.3 is 6.03 Å². The first-order valence-corrected chi connectivity index (χ1v) is 11.4. The highest BCUT2D eigenvalue weighted by Crippen LogP contribution is 2.33. The van der Waals surface area contributed by atoms with E-state index in [1.54, 1.807) is 31.4 Å². The molecule has 2 heterocycles. The van der Waals surface area contributed by atoms with Crippen molar-refractivity contribution in [1.29, 1.82) is 0 Å². The Bertz CT molecular complexity index is 1340. The molecule has 168 valence electrons. The van der Waals surface area contributed by atoms with Crippen molar-refractivity contribution >= 4 is 60.0 Å². The maximum Gasteiger partial charge on any atom is 0.324 e. The largest absolute Gasteiger partial charge is 0.489 e. The van der Waals surface area contributed by atoms with Crippen LogP contribution in [0.5, 0.6) is 5.75 Å². The van der Waals surface area contributed by atoms with Crippen molar-refractivity contribution in [1.82, 2.24) is 10.3 Å². The van der Waals surface area contributed by atoms with E-state index in [4.69, 9.17) is 4.74 Å². The van der Waals surface area contributed by atoms with Gasteiger partial charge in [0.05, 0.1) is 10.7 Å². The summed E-state index contributed by atoms with van der Waals surface area (Å²) in [6.45, 7) is 0.273. The quantitative estimate of drug-likeness (QED) is 0.295. The second-order valence-corrected chi connectivity index (χ2v) is 8.93. The molecule has 0 spiro atoms. The van der Waals surface area contributed by atoms with Gasteiger partial charge in [0.15, 0.2) is 0 Å². The number of thiophene rings is 1. The van der Waals surface area contributed by atoms with Crippen LogP contribution >= 0.6 is 27.3 Å². The van der Waals surface area contributed by atoms with Crippen LogP contribution in [0, 0.1) is 5.82 Å². The number of urea groups is 1. The van der Waals surface area contributed by atoms with Gasteiger partial charge < -0.3 is 15.4 Å². The Kier molecular flexibility index (Phi) is 6.85. The lowest BCUT2D eigenvalue weighted by Crippen LogP contribution is -2.19. The summed E-state index contributed by atoms with van der Waals surface area (Å²) in [5.41, 5.74) is 1.22. The molecule has 33 heavy (non-hydrogen) atoms. The summed E-state index contributed by atoms with van der Waals surface area (Å²) in [6.07, 6.45) is 1.56. The van der Waals surface area contributed by atoms with Gasteiger partial charge in [0, 0.05) is 22.4 Å². The minimum Gasteiger partial charge on any atom is -0.489 e. The molecule has 0 aliphatic rings. The summed E-state index contributed by atoms with van der Waals surface area (Å²) in [5.74, 6) is -0.145. The number of amides is 3. The Morgan fingerprint density at radius 2 is 1.94 bits per heavy atom. The molecule has 3 amide bonds. The zero-order valence-electron chi connectivity index (χ0n) is 17.3. The van der Waals surface area contributed by atoms with Gasteiger partial charge in [-0.25, -0.2) is 9.18 Å². The van der Waals surface area contributed by atoms with Crippen LogP contribution in [-0.2, 0) is 6.61 Å². The molecule has 0 bridgehead atoms. The Balaban J connectivity index is 1.41. The molecule has 0 radical (unpaired) electrons. The molecule has 2 aromatic carbocycles. The van der Waals surface area contributed by atoms with E-state index in [1.807, 2.05) is 24.3 Å². The third kappa shape index (κ3) is 5.65. The number of pyridine rings is 1. The summed E-state index contributed by atoms with van der Waals surface area (Å²) in [5, 5.41) is 9.31. The van der Waals surface area contributed by atoms with Crippen LogP contribution in [0.1, 0.15) is 16.1 Å². The zero-order valence-corrected chi connectivity index (χ0v) is 19.7. The number of ether oxygens (including phenoxy) is 1. The van der Waals surface area contributed by atoms with Gasteiger partial charge in [-0.3, -0.25) is 15.1 Å². The van der Waals surface area contributed by atoms with Gasteiger partial charge in [-0.05, 0) is 65.5 Å². The van der Waals surface area contributed by atoms with E-state index in [9.17, 15) is 14.0 Å². The standard InChI is InChI=1S/C23H18BrFN4O3S/c1-26-22(30)19-8-13(6-7-27-19)12-32-16-4-2-14-9-21(33-20(14)11-16)29-23(31)28-18-5-3-15(24)10-17(18)25/h2-11H,12H2,1H3,(H,26,30)(H2,28,29,31). The summed E-state index contributed by atoms with van der Waals surface area (Å²) < 4.78 is 21.3. The van der Waals surface area contributed by atoms with E-state index in [-0.39, 0.29) is 18.2 Å². The molecule has 7 nitrogen and oxygen atoms in total. The van der Waals surface area contributed by atoms with Crippen LogP contribution in [0.15, 0.2) is 65.3 Å². The van der Waals surface area contributed by atoms with Crippen molar-refractivity contribution < 1.29 is 18.7 Å². The molecule has 10 heteroatoms. The number of halogens is 2. The Morgan fingerprint density at radius 3 is 2.73 bits per heavy atom. The smallest absolute Gasteiger partial charge is 0.324 e. The number of hydrogen-bond donors (Lipinski definition) is 3. The lowest BCUT2D eigenvalue weighted by Gasteiger charge is -2.07. The average molecular weight is 529 g/mol. The van der Waals surface area contributed by atoms with Crippen molar-refractivity contribution in [2.45, 2.75) is 6.61 Å². The lowest BCUT2D eigenvalue weighted by molar-refractivity contribution is 0.0958. The van der Waals surface area contributed by atoms with Gasteiger partial charge in [-0.1, -0.05) is 15.9 Å². The van der Waals surface area contributed by atoms with Gasteiger partial charge in [0.25, 0.3) is 5.91 Å². The number of carbonyl (C=O) groups excluding carboxylic acids is 2. The number of aromatic nitrogens is 1. The summed E-state index contributed by atoms with van der Waals surface area (Å²) in [4.78, 5) is 28.0. The van der Waals surface area contributed by atoms with Crippen LogP contribution < -0.4 is 20.7 Å². The highest BCUT2D eigenvalue weighted by molar-refractivity contribution is 9.10. The summed E-state index contributed by atoms with van der Waals surface area (Å²) in [7, 11) is 1.55. The van der Waals surface area contributed by atoms with Crippen LogP contribution in [-0.4, -0.2) is 24.0 Å². The number of nitrogens with zero attached hydrogens (tertiary/aromatic N) is 1. The van der Waals surface area contributed by atoms with Crippen LogP contribution in [0.4, 0.5) is 19.9 Å².